The van der Waals surface area contributed by atoms with Crippen molar-refractivity contribution in [2.75, 3.05) is 0 Å². The molecule has 0 aromatic carbocycles. The van der Waals surface area contributed by atoms with E-state index in [4.69, 9.17) is 5.10 Å². The summed E-state index contributed by atoms with van der Waals surface area (Å²) >= 11 is 3.58. The summed E-state index contributed by atoms with van der Waals surface area (Å²) in [6, 6.07) is 2.88. The highest BCUT2D eigenvalue weighted by Crippen LogP contribution is 2.28. The molecule has 90 valence electrons. The maximum atomic E-state index is 4.69. The SMILES string of the molecule is CC(Br)CCCc1ccn(C2CCCC2)n1. The Balaban J connectivity index is 1.82. The van der Waals surface area contributed by atoms with Gasteiger partial charge in [0.1, 0.15) is 0 Å². The summed E-state index contributed by atoms with van der Waals surface area (Å²) in [5.41, 5.74) is 1.26. The molecule has 2 nitrogen and oxygen atoms in total. The number of aromatic nitrogens is 2. The fraction of sp³-hybridized carbons (Fsp3) is 0.769. The zero-order valence-corrected chi connectivity index (χ0v) is 11.6. The molecule has 1 aromatic rings. The maximum absolute atomic E-state index is 4.69. The number of hydrogen-bond acceptors (Lipinski definition) is 1. The van der Waals surface area contributed by atoms with Crippen LogP contribution in [0.2, 0.25) is 0 Å². The molecule has 1 heterocycles. The van der Waals surface area contributed by atoms with Gasteiger partial charge < -0.3 is 0 Å². The van der Waals surface area contributed by atoms with Crippen LogP contribution in [0.1, 0.15) is 57.2 Å². The lowest BCUT2D eigenvalue weighted by atomic mass is 10.2. The van der Waals surface area contributed by atoms with E-state index in [9.17, 15) is 0 Å². The minimum absolute atomic E-state index is 0.629. The number of rotatable bonds is 5. The first-order chi connectivity index (χ1) is 7.75. The second-order valence-corrected chi connectivity index (χ2v) is 6.46. The average Bonchev–Trinajstić information content (AvgIpc) is 2.85. The lowest BCUT2D eigenvalue weighted by molar-refractivity contribution is 0.462. The van der Waals surface area contributed by atoms with Gasteiger partial charge in [-0.15, -0.1) is 0 Å². The highest BCUT2D eigenvalue weighted by atomic mass is 79.9. The molecule has 0 radical (unpaired) electrons. The van der Waals surface area contributed by atoms with Crippen molar-refractivity contribution in [3.8, 4) is 0 Å². The lowest BCUT2D eigenvalue weighted by Gasteiger charge is -2.08. The molecular weight excluding hydrogens is 264 g/mol. The van der Waals surface area contributed by atoms with Gasteiger partial charge in [0.25, 0.3) is 0 Å². The van der Waals surface area contributed by atoms with Crippen LogP contribution in [0.3, 0.4) is 0 Å². The van der Waals surface area contributed by atoms with E-state index in [1.54, 1.807) is 0 Å². The van der Waals surface area contributed by atoms with Crippen molar-refractivity contribution in [2.24, 2.45) is 0 Å². The van der Waals surface area contributed by atoms with Gasteiger partial charge in [-0.1, -0.05) is 35.7 Å². The van der Waals surface area contributed by atoms with Crippen LogP contribution in [0.5, 0.6) is 0 Å². The van der Waals surface area contributed by atoms with E-state index < -0.39 is 0 Å². The summed E-state index contributed by atoms with van der Waals surface area (Å²) in [7, 11) is 0. The average molecular weight is 285 g/mol. The Morgan fingerprint density at radius 2 is 2.25 bits per heavy atom. The zero-order valence-electron chi connectivity index (χ0n) is 10.0. The summed E-state index contributed by atoms with van der Waals surface area (Å²) < 4.78 is 2.19. The first-order valence-electron chi connectivity index (χ1n) is 6.44. The number of nitrogens with zero attached hydrogens (tertiary/aromatic N) is 2. The third-order valence-electron chi connectivity index (χ3n) is 3.40. The predicted octanol–water partition coefficient (Wildman–Crippen LogP) is 4.10. The Kier molecular flexibility index (Phi) is 4.45. The first kappa shape index (κ1) is 12.2. The van der Waals surface area contributed by atoms with Crippen LogP contribution in [-0.4, -0.2) is 14.6 Å². The van der Waals surface area contributed by atoms with Gasteiger partial charge in [0.05, 0.1) is 11.7 Å². The second kappa shape index (κ2) is 5.85. The van der Waals surface area contributed by atoms with Gasteiger partial charge in [-0.25, -0.2) is 0 Å². The molecule has 0 N–H and O–H groups in total. The zero-order chi connectivity index (χ0) is 11.4. The van der Waals surface area contributed by atoms with Crippen molar-refractivity contribution >= 4 is 15.9 Å². The topological polar surface area (TPSA) is 17.8 Å². The third-order valence-corrected chi connectivity index (χ3v) is 3.86. The van der Waals surface area contributed by atoms with E-state index in [1.165, 1.54) is 44.2 Å². The Hall–Kier alpha value is -0.310. The standard InChI is InChI=1S/C13H21BrN2/c1-11(14)5-4-6-12-9-10-16(15-12)13-7-2-3-8-13/h9-11,13H,2-8H2,1H3. The van der Waals surface area contributed by atoms with Crippen molar-refractivity contribution in [3.63, 3.8) is 0 Å². The number of aryl methyl sites for hydroxylation is 1. The maximum Gasteiger partial charge on any atom is 0.0624 e. The predicted molar refractivity (Wildman–Crippen MR) is 71.1 cm³/mol. The van der Waals surface area contributed by atoms with Gasteiger partial charge in [-0.05, 0) is 38.2 Å². The summed E-state index contributed by atoms with van der Waals surface area (Å²) in [6.07, 6.45) is 11.1. The van der Waals surface area contributed by atoms with Gasteiger partial charge in [-0.3, -0.25) is 4.68 Å². The van der Waals surface area contributed by atoms with Crippen LogP contribution in [0.25, 0.3) is 0 Å². The van der Waals surface area contributed by atoms with Gasteiger partial charge >= 0.3 is 0 Å². The molecule has 0 amide bonds. The molecule has 1 saturated carbocycles. The van der Waals surface area contributed by atoms with Gasteiger partial charge in [-0.2, -0.15) is 5.10 Å². The van der Waals surface area contributed by atoms with Crippen LogP contribution in [0, 0.1) is 0 Å². The molecule has 1 unspecified atom stereocenters. The molecule has 0 bridgehead atoms. The molecule has 1 aliphatic rings. The van der Waals surface area contributed by atoms with Crippen molar-refractivity contribution in [2.45, 2.75) is 62.7 Å². The monoisotopic (exact) mass is 284 g/mol. The molecule has 1 aromatic heterocycles. The summed E-state index contributed by atoms with van der Waals surface area (Å²) in [4.78, 5) is 0.629. The molecule has 16 heavy (non-hydrogen) atoms. The lowest BCUT2D eigenvalue weighted by Crippen LogP contribution is -2.05. The number of halogens is 1. The van der Waals surface area contributed by atoms with Crippen LogP contribution >= 0.6 is 15.9 Å². The van der Waals surface area contributed by atoms with Crippen molar-refractivity contribution in [1.82, 2.24) is 9.78 Å². The minimum Gasteiger partial charge on any atom is -0.269 e. The van der Waals surface area contributed by atoms with Crippen LogP contribution in [0.4, 0.5) is 0 Å². The quantitative estimate of drug-likeness (QED) is 0.745. The van der Waals surface area contributed by atoms with Gasteiger partial charge in [0, 0.05) is 11.0 Å². The largest absolute Gasteiger partial charge is 0.269 e. The van der Waals surface area contributed by atoms with Gasteiger partial charge in [0.2, 0.25) is 0 Å². The Morgan fingerprint density at radius 1 is 1.50 bits per heavy atom. The third kappa shape index (κ3) is 3.34. The molecule has 0 aliphatic heterocycles. The number of alkyl halides is 1. The summed E-state index contributed by atoms with van der Waals surface area (Å²) in [5, 5.41) is 4.69. The summed E-state index contributed by atoms with van der Waals surface area (Å²) in [6.45, 7) is 2.21. The van der Waals surface area contributed by atoms with Crippen LogP contribution < -0.4 is 0 Å². The molecule has 1 aliphatic carbocycles. The highest BCUT2D eigenvalue weighted by molar-refractivity contribution is 9.09. The molecule has 0 saturated heterocycles. The van der Waals surface area contributed by atoms with Crippen LogP contribution in [-0.2, 0) is 6.42 Å². The second-order valence-electron chi connectivity index (χ2n) is 4.90. The Bertz CT molecular complexity index is 313. The number of hydrogen-bond donors (Lipinski definition) is 0. The molecular formula is C13H21BrN2. The molecule has 2 rings (SSSR count). The fourth-order valence-corrected chi connectivity index (χ4v) is 2.77. The Morgan fingerprint density at radius 3 is 2.94 bits per heavy atom. The normalized spacial score (nSPS) is 19.1. The minimum atomic E-state index is 0.629. The van der Waals surface area contributed by atoms with E-state index in [0.717, 1.165) is 6.42 Å². The summed E-state index contributed by atoms with van der Waals surface area (Å²) in [5.74, 6) is 0. The smallest absolute Gasteiger partial charge is 0.0624 e. The molecule has 0 spiro atoms. The van der Waals surface area contributed by atoms with Gasteiger partial charge in [0.15, 0.2) is 0 Å². The highest BCUT2D eigenvalue weighted by Gasteiger charge is 2.17. The molecule has 1 atom stereocenters. The van der Waals surface area contributed by atoms with Crippen LogP contribution in [0.15, 0.2) is 12.3 Å². The van der Waals surface area contributed by atoms with Crippen molar-refractivity contribution in [3.05, 3.63) is 18.0 Å². The first-order valence-corrected chi connectivity index (χ1v) is 7.35. The van der Waals surface area contributed by atoms with Crippen molar-refractivity contribution in [1.29, 1.82) is 0 Å². The molecule has 3 heteroatoms. The Labute approximate surface area is 107 Å². The van der Waals surface area contributed by atoms with E-state index >= 15 is 0 Å². The fourth-order valence-electron chi connectivity index (χ4n) is 2.45. The van der Waals surface area contributed by atoms with E-state index in [2.05, 4.69) is 39.8 Å². The van der Waals surface area contributed by atoms with E-state index in [1.807, 2.05) is 0 Å². The molecule has 1 fully saturated rings. The van der Waals surface area contributed by atoms with E-state index in [0.29, 0.717) is 10.9 Å². The van der Waals surface area contributed by atoms with Crippen molar-refractivity contribution < 1.29 is 0 Å². The van der Waals surface area contributed by atoms with E-state index in [-0.39, 0.29) is 0 Å².